The van der Waals surface area contributed by atoms with Crippen LogP contribution in [0.3, 0.4) is 0 Å². The van der Waals surface area contributed by atoms with Gasteiger partial charge in [0.25, 0.3) is 5.91 Å². The lowest BCUT2D eigenvalue weighted by molar-refractivity contribution is -0.155. The molecule has 3 rings (SSSR count). The van der Waals surface area contributed by atoms with Crippen LogP contribution in [0.4, 0.5) is 5.69 Å². The second-order valence-electron chi connectivity index (χ2n) is 6.64. The molecule has 6 nitrogen and oxygen atoms in total. The SMILES string of the molecule is CC(OC(=O)COc1ccc(C(=O)c2ccccc2)cc1)C(=O)Nc1ccc(Cl)cc1. The van der Waals surface area contributed by atoms with E-state index in [1.165, 1.54) is 6.92 Å². The van der Waals surface area contributed by atoms with Gasteiger partial charge in [-0.1, -0.05) is 41.9 Å². The standard InChI is InChI=1S/C24H20ClNO5/c1-16(24(29)26-20-11-9-19(25)10-12-20)31-22(27)15-30-21-13-7-18(8-14-21)23(28)17-5-3-2-4-6-17/h2-14,16H,15H2,1H3,(H,26,29). The molecule has 31 heavy (non-hydrogen) atoms. The number of anilines is 1. The van der Waals surface area contributed by atoms with Crippen LogP contribution in [0.15, 0.2) is 78.9 Å². The Morgan fingerprint density at radius 3 is 2.13 bits per heavy atom. The van der Waals surface area contributed by atoms with Crippen molar-refractivity contribution < 1.29 is 23.9 Å². The number of esters is 1. The monoisotopic (exact) mass is 437 g/mol. The lowest BCUT2D eigenvalue weighted by Gasteiger charge is -2.14. The molecule has 0 aliphatic rings. The molecule has 3 aromatic carbocycles. The Hall–Kier alpha value is -3.64. The van der Waals surface area contributed by atoms with Gasteiger partial charge in [-0.25, -0.2) is 4.79 Å². The number of benzene rings is 3. The van der Waals surface area contributed by atoms with E-state index >= 15 is 0 Å². The summed E-state index contributed by atoms with van der Waals surface area (Å²) in [6.45, 7) is 1.09. The Balaban J connectivity index is 1.47. The van der Waals surface area contributed by atoms with Crippen LogP contribution < -0.4 is 10.1 Å². The van der Waals surface area contributed by atoms with Crippen molar-refractivity contribution in [2.24, 2.45) is 0 Å². The predicted octanol–water partition coefficient (Wildman–Crippen LogP) is 4.52. The van der Waals surface area contributed by atoms with Crippen molar-refractivity contribution in [3.8, 4) is 5.75 Å². The molecule has 0 heterocycles. The van der Waals surface area contributed by atoms with Crippen LogP contribution in [0.5, 0.6) is 5.75 Å². The largest absolute Gasteiger partial charge is 0.482 e. The molecule has 0 spiro atoms. The van der Waals surface area contributed by atoms with E-state index in [0.717, 1.165) is 0 Å². The third-order valence-corrected chi connectivity index (χ3v) is 4.55. The zero-order valence-corrected chi connectivity index (χ0v) is 17.5. The van der Waals surface area contributed by atoms with Crippen LogP contribution in [-0.2, 0) is 14.3 Å². The number of hydrogen-bond donors (Lipinski definition) is 1. The number of hydrogen-bond acceptors (Lipinski definition) is 5. The molecule has 0 radical (unpaired) electrons. The first-order chi connectivity index (χ1) is 14.9. The van der Waals surface area contributed by atoms with Crippen LogP contribution in [0, 0.1) is 0 Å². The summed E-state index contributed by atoms with van der Waals surface area (Å²) in [7, 11) is 0. The molecule has 0 aromatic heterocycles. The van der Waals surface area contributed by atoms with Gasteiger partial charge in [0.2, 0.25) is 0 Å². The lowest BCUT2D eigenvalue weighted by Crippen LogP contribution is -2.31. The van der Waals surface area contributed by atoms with E-state index in [1.54, 1.807) is 72.8 Å². The summed E-state index contributed by atoms with van der Waals surface area (Å²) in [6.07, 6.45) is -1.00. The molecule has 1 N–H and O–H groups in total. The van der Waals surface area contributed by atoms with Crippen LogP contribution in [0.1, 0.15) is 22.8 Å². The Bertz CT molecular complexity index is 1050. The van der Waals surface area contributed by atoms with Gasteiger partial charge in [-0.15, -0.1) is 0 Å². The molecule has 158 valence electrons. The van der Waals surface area contributed by atoms with Crippen molar-refractivity contribution >= 4 is 34.9 Å². The first kappa shape index (κ1) is 22.1. The van der Waals surface area contributed by atoms with Crippen LogP contribution >= 0.6 is 11.6 Å². The van der Waals surface area contributed by atoms with Gasteiger partial charge >= 0.3 is 5.97 Å². The van der Waals surface area contributed by atoms with E-state index in [1.807, 2.05) is 6.07 Å². The molecule has 0 aliphatic carbocycles. The number of amides is 1. The van der Waals surface area contributed by atoms with Gasteiger partial charge in [0, 0.05) is 21.8 Å². The van der Waals surface area contributed by atoms with Gasteiger partial charge in [-0.05, 0) is 55.5 Å². The highest BCUT2D eigenvalue weighted by Gasteiger charge is 2.18. The Labute approximate surface area is 184 Å². The van der Waals surface area contributed by atoms with Crippen molar-refractivity contribution in [3.05, 3.63) is 95.0 Å². The minimum Gasteiger partial charge on any atom is -0.482 e. The maximum atomic E-state index is 12.4. The quantitative estimate of drug-likeness (QED) is 0.414. The molecule has 1 atom stereocenters. The van der Waals surface area contributed by atoms with E-state index in [4.69, 9.17) is 21.1 Å². The summed E-state index contributed by atoms with van der Waals surface area (Å²) in [5, 5.41) is 3.18. The zero-order chi connectivity index (χ0) is 22.2. The third kappa shape index (κ3) is 6.42. The summed E-state index contributed by atoms with van der Waals surface area (Å²) < 4.78 is 10.5. The molecule has 0 bridgehead atoms. The molecule has 0 fully saturated rings. The van der Waals surface area contributed by atoms with E-state index in [2.05, 4.69) is 5.32 Å². The van der Waals surface area contributed by atoms with Gasteiger partial charge < -0.3 is 14.8 Å². The molecule has 0 saturated heterocycles. The first-order valence-corrected chi connectivity index (χ1v) is 9.88. The van der Waals surface area contributed by atoms with Crippen molar-refractivity contribution in [2.75, 3.05) is 11.9 Å². The minimum absolute atomic E-state index is 0.105. The third-order valence-electron chi connectivity index (χ3n) is 4.30. The summed E-state index contributed by atoms with van der Waals surface area (Å²) in [5.41, 5.74) is 1.64. The summed E-state index contributed by atoms with van der Waals surface area (Å²) in [6, 6.07) is 21.9. The second-order valence-corrected chi connectivity index (χ2v) is 7.07. The van der Waals surface area contributed by atoms with Gasteiger partial charge in [0.05, 0.1) is 0 Å². The highest BCUT2D eigenvalue weighted by molar-refractivity contribution is 6.30. The molecular weight excluding hydrogens is 418 g/mol. The number of rotatable bonds is 8. The van der Waals surface area contributed by atoms with Crippen molar-refractivity contribution in [2.45, 2.75) is 13.0 Å². The molecule has 0 saturated carbocycles. The van der Waals surface area contributed by atoms with Crippen molar-refractivity contribution in [1.82, 2.24) is 0 Å². The molecule has 1 amide bonds. The normalized spacial score (nSPS) is 11.3. The summed E-state index contributed by atoms with van der Waals surface area (Å²) in [4.78, 5) is 36.5. The Kier molecular flexibility index (Phi) is 7.40. The number of ether oxygens (including phenoxy) is 2. The van der Waals surface area contributed by atoms with Crippen LogP contribution in [-0.4, -0.2) is 30.4 Å². The van der Waals surface area contributed by atoms with Gasteiger partial charge in [-0.2, -0.15) is 0 Å². The smallest absolute Gasteiger partial charge is 0.344 e. The van der Waals surface area contributed by atoms with E-state index in [-0.39, 0.29) is 12.4 Å². The fraction of sp³-hybridized carbons (Fsp3) is 0.125. The van der Waals surface area contributed by atoms with Crippen molar-refractivity contribution in [3.63, 3.8) is 0 Å². The van der Waals surface area contributed by atoms with Gasteiger partial charge in [-0.3, -0.25) is 9.59 Å². The molecule has 0 aliphatic heterocycles. The van der Waals surface area contributed by atoms with E-state index in [0.29, 0.717) is 27.6 Å². The van der Waals surface area contributed by atoms with Gasteiger partial charge in [0.1, 0.15) is 5.75 Å². The topological polar surface area (TPSA) is 81.7 Å². The molecule has 1 unspecified atom stereocenters. The van der Waals surface area contributed by atoms with Crippen LogP contribution in [0.2, 0.25) is 5.02 Å². The van der Waals surface area contributed by atoms with E-state index < -0.39 is 18.0 Å². The zero-order valence-electron chi connectivity index (χ0n) is 16.7. The average molecular weight is 438 g/mol. The Morgan fingerprint density at radius 1 is 0.871 bits per heavy atom. The lowest BCUT2D eigenvalue weighted by atomic mass is 10.0. The van der Waals surface area contributed by atoms with Crippen molar-refractivity contribution in [1.29, 1.82) is 0 Å². The number of nitrogens with one attached hydrogen (secondary N) is 1. The van der Waals surface area contributed by atoms with Crippen LogP contribution in [0.25, 0.3) is 0 Å². The summed E-state index contributed by atoms with van der Waals surface area (Å²) >= 11 is 5.80. The number of ketones is 1. The second kappa shape index (κ2) is 10.4. The number of carbonyl (C=O) groups excluding carboxylic acids is 3. The number of carbonyl (C=O) groups is 3. The summed E-state index contributed by atoms with van der Waals surface area (Å²) in [5.74, 6) is -0.866. The average Bonchev–Trinajstić information content (AvgIpc) is 2.79. The Morgan fingerprint density at radius 2 is 1.48 bits per heavy atom. The highest BCUT2D eigenvalue weighted by atomic mass is 35.5. The molecule has 7 heteroatoms. The number of halogens is 1. The first-order valence-electron chi connectivity index (χ1n) is 9.51. The molecule has 3 aromatic rings. The fourth-order valence-electron chi connectivity index (χ4n) is 2.66. The minimum atomic E-state index is -1.00. The maximum absolute atomic E-state index is 12.4. The fourth-order valence-corrected chi connectivity index (χ4v) is 2.79. The predicted molar refractivity (Wildman–Crippen MR) is 117 cm³/mol. The maximum Gasteiger partial charge on any atom is 0.344 e. The molecular formula is C24H20ClNO5. The highest BCUT2D eigenvalue weighted by Crippen LogP contribution is 2.16. The van der Waals surface area contributed by atoms with Gasteiger partial charge in [0.15, 0.2) is 18.5 Å². The van der Waals surface area contributed by atoms with E-state index in [9.17, 15) is 14.4 Å².